The Morgan fingerprint density at radius 3 is 3.00 bits per heavy atom. The maximum Gasteiger partial charge on any atom is 0.135 e. The first kappa shape index (κ1) is 12.5. The van der Waals surface area contributed by atoms with Gasteiger partial charge in [0.15, 0.2) is 0 Å². The molecular weight excluding hydrogens is 258 g/mol. The van der Waals surface area contributed by atoms with Crippen LogP contribution in [-0.2, 0) is 12.8 Å². The number of hydrogen-bond donors (Lipinski definition) is 0. The molecule has 98 valence electrons. The molecule has 0 aromatic carbocycles. The maximum atomic E-state index is 6.20. The van der Waals surface area contributed by atoms with Gasteiger partial charge in [-0.1, -0.05) is 24.6 Å². The zero-order valence-corrected chi connectivity index (χ0v) is 11.7. The number of halogens is 1. The molecule has 1 aliphatic carbocycles. The minimum absolute atomic E-state index is 0.264. The molecule has 0 aliphatic heterocycles. The lowest BCUT2D eigenvalue weighted by Crippen LogP contribution is -2.16. The molecule has 0 saturated carbocycles. The lowest BCUT2D eigenvalue weighted by atomic mass is 9.83. The van der Waals surface area contributed by atoms with E-state index in [0.717, 1.165) is 30.5 Å². The van der Waals surface area contributed by atoms with Crippen molar-refractivity contribution >= 4 is 11.6 Å². The summed E-state index contributed by atoms with van der Waals surface area (Å²) in [7, 11) is 0. The fourth-order valence-electron chi connectivity index (χ4n) is 2.91. The van der Waals surface area contributed by atoms with Crippen molar-refractivity contribution in [1.29, 1.82) is 0 Å². The van der Waals surface area contributed by atoms with Crippen LogP contribution < -0.4 is 0 Å². The van der Waals surface area contributed by atoms with Gasteiger partial charge in [0.05, 0.1) is 11.4 Å². The molecule has 2 aromatic heterocycles. The highest BCUT2D eigenvalue weighted by atomic mass is 35.5. The second kappa shape index (κ2) is 5.25. The highest BCUT2D eigenvalue weighted by Crippen LogP contribution is 2.36. The molecule has 1 atom stereocenters. The highest BCUT2D eigenvalue weighted by molar-refractivity contribution is 6.30. The second-order valence-electron chi connectivity index (χ2n) is 4.87. The SMILES string of the molecule is CCc1c(Cl)ncnc1C1CCCc2cccnc21. The van der Waals surface area contributed by atoms with Gasteiger partial charge in [-0.15, -0.1) is 0 Å². The zero-order valence-electron chi connectivity index (χ0n) is 10.9. The van der Waals surface area contributed by atoms with Crippen LogP contribution in [0.5, 0.6) is 0 Å². The van der Waals surface area contributed by atoms with Crippen LogP contribution in [0.15, 0.2) is 24.7 Å². The topological polar surface area (TPSA) is 38.7 Å². The molecule has 3 nitrogen and oxygen atoms in total. The minimum atomic E-state index is 0.264. The Balaban J connectivity index is 2.12. The van der Waals surface area contributed by atoms with Crippen molar-refractivity contribution in [2.75, 3.05) is 0 Å². The Kier molecular flexibility index (Phi) is 3.47. The van der Waals surface area contributed by atoms with E-state index >= 15 is 0 Å². The van der Waals surface area contributed by atoms with E-state index in [1.165, 1.54) is 17.7 Å². The first-order chi connectivity index (χ1) is 9.31. The summed E-state index contributed by atoms with van der Waals surface area (Å²) < 4.78 is 0. The van der Waals surface area contributed by atoms with Gasteiger partial charge in [-0.2, -0.15) is 0 Å². The van der Waals surface area contributed by atoms with Crippen molar-refractivity contribution in [3.8, 4) is 0 Å². The smallest absolute Gasteiger partial charge is 0.135 e. The van der Waals surface area contributed by atoms with E-state index in [9.17, 15) is 0 Å². The Morgan fingerprint density at radius 1 is 1.26 bits per heavy atom. The molecule has 2 aromatic rings. The standard InChI is InChI=1S/C15H16ClN3/c1-2-11-14(18-9-19-15(11)16)12-7-3-5-10-6-4-8-17-13(10)12/h4,6,8-9,12H,2-3,5,7H2,1H3. The van der Waals surface area contributed by atoms with Crippen molar-refractivity contribution in [1.82, 2.24) is 15.0 Å². The predicted molar refractivity (Wildman–Crippen MR) is 75.4 cm³/mol. The van der Waals surface area contributed by atoms with Crippen LogP contribution in [-0.4, -0.2) is 15.0 Å². The average molecular weight is 274 g/mol. The molecule has 4 heteroatoms. The van der Waals surface area contributed by atoms with Crippen molar-refractivity contribution in [2.45, 2.75) is 38.5 Å². The van der Waals surface area contributed by atoms with Gasteiger partial charge in [-0.25, -0.2) is 9.97 Å². The summed E-state index contributed by atoms with van der Waals surface area (Å²) in [6.45, 7) is 2.09. The molecular formula is C15H16ClN3. The lowest BCUT2D eigenvalue weighted by molar-refractivity contribution is 0.582. The Labute approximate surface area is 118 Å². The molecule has 0 radical (unpaired) electrons. The minimum Gasteiger partial charge on any atom is -0.260 e. The van der Waals surface area contributed by atoms with Crippen LogP contribution in [0.4, 0.5) is 0 Å². The van der Waals surface area contributed by atoms with Crippen molar-refractivity contribution in [3.05, 3.63) is 52.3 Å². The normalized spacial score (nSPS) is 18.1. The number of hydrogen-bond acceptors (Lipinski definition) is 3. The van der Waals surface area contributed by atoms with E-state index in [-0.39, 0.29) is 5.92 Å². The number of fused-ring (bicyclic) bond motifs is 1. The lowest BCUT2D eigenvalue weighted by Gasteiger charge is -2.25. The summed E-state index contributed by atoms with van der Waals surface area (Å²) in [4.78, 5) is 13.2. The first-order valence-corrected chi connectivity index (χ1v) is 7.12. The summed E-state index contributed by atoms with van der Waals surface area (Å²) in [5.74, 6) is 0.264. The number of aryl methyl sites for hydroxylation is 1. The number of nitrogens with zero attached hydrogens (tertiary/aromatic N) is 3. The van der Waals surface area contributed by atoms with E-state index in [2.05, 4.69) is 27.9 Å². The molecule has 3 rings (SSSR count). The number of rotatable bonds is 2. The first-order valence-electron chi connectivity index (χ1n) is 6.74. The fraction of sp³-hybridized carbons (Fsp3) is 0.400. The summed E-state index contributed by atoms with van der Waals surface area (Å²) in [6.07, 6.45) is 7.66. The van der Waals surface area contributed by atoms with Gasteiger partial charge in [0.25, 0.3) is 0 Å². The van der Waals surface area contributed by atoms with E-state index < -0.39 is 0 Å². The van der Waals surface area contributed by atoms with Gasteiger partial charge in [0.1, 0.15) is 11.5 Å². The van der Waals surface area contributed by atoms with E-state index in [4.69, 9.17) is 11.6 Å². The van der Waals surface area contributed by atoms with Gasteiger partial charge in [-0.05, 0) is 37.3 Å². The summed E-state index contributed by atoms with van der Waals surface area (Å²) in [6, 6.07) is 4.18. The van der Waals surface area contributed by atoms with Crippen LogP contribution in [0.1, 0.15) is 48.2 Å². The molecule has 0 saturated heterocycles. The third-order valence-electron chi connectivity index (χ3n) is 3.80. The van der Waals surface area contributed by atoms with Gasteiger partial charge in [-0.3, -0.25) is 4.98 Å². The van der Waals surface area contributed by atoms with Crippen LogP contribution in [0, 0.1) is 0 Å². The molecule has 0 bridgehead atoms. The molecule has 1 aliphatic rings. The Morgan fingerprint density at radius 2 is 2.16 bits per heavy atom. The van der Waals surface area contributed by atoms with Crippen LogP contribution in [0.2, 0.25) is 5.15 Å². The third kappa shape index (κ3) is 2.23. The fourth-order valence-corrected chi connectivity index (χ4v) is 3.18. The van der Waals surface area contributed by atoms with Gasteiger partial charge in [0, 0.05) is 17.7 Å². The van der Waals surface area contributed by atoms with E-state index in [1.54, 1.807) is 6.33 Å². The zero-order chi connectivity index (χ0) is 13.2. The van der Waals surface area contributed by atoms with Crippen LogP contribution in [0.25, 0.3) is 0 Å². The molecule has 0 fully saturated rings. The van der Waals surface area contributed by atoms with Crippen LogP contribution in [0.3, 0.4) is 0 Å². The van der Waals surface area contributed by atoms with E-state index in [1.807, 2.05) is 12.3 Å². The monoisotopic (exact) mass is 273 g/mol. The molecule has 2 heterocycles. The summed E-state index contributed by atoms with van der Waals surface area (Å²) >= 11 is 6.20. The van der Waals surface area contributed by atoms with Crippen molar-refractivity contribution < 1.29 is 0 Å². The Hall–Kier alpha value is -1.48. The van der Waals surface area contributed by atoms with Crippen LogP contribution >= 0.6 is 11.6 Å². The summed E-state index contributed by atoms with van der Waals surface area (Å²) in [5.41, 5.74) is 4.63. The van der Waals surface area contributed by atoms with E-state index in [0.29, 0.717) is 5.15 Å². The maximum absolute atomic E-state index is 6.20. The van der Waals surface area contributed by atoms with Gasteiger partial charge < -0.3 is 0 Å². The third-order valence-corrected chi connectivity index (χ3v) is 4.13. The largest absolute Gasteiger partial charge is 0.260 e. The molecule has 0 spiro atoms. The summed E-state index contributed by atoms with van der Waals surface area (Å²) in [5, 5.41) is 0.579. The molecule has 0 amide bonds. The second-order valence-corrected chi connectivity index (χ2v) is 5.23. The van der Waals surface area contributed by atoms with Crippen molar-refractivity contribution in [3.63, 3.8) is 0 Å². The van der Waals surface area contributed by atoms with Crippen molar-refractivity contribution in [2.24, 2.45) is 0 Å². The van der Waals surface area contributed by atoms with Gasteiger partial charge in [0.2, 0.25) is 0 Å². The predicted octanol–water partition coefficient (Wildman–Crippen LogP) is 3.56. The Bertz CT molecular complexity index is 598. The van der Waals surface area contributed by atoms with Gasteiger partial charge >= 0.3 is 0 Å². The highest BCUT2D eigenvalue weighted by Gasteiger charge is 2.26. The molecule has 0 N–H and O–H groups in total. The number of pyridine rings is 1. The molecule has 19 heavy (non-hydrogen) atoms. The average Bonchev–Trinajstić information content (AvgIpc) is 2.46. The molecule has 1 unspecified atom stereocenters. The quantitative estimate of drug-likeness (QED) is 0.786. The number of aromatic nitrogens is 3.